The van der Waals surface area contributed by atoms with E-state index in [0.29, 0.717) is 11.1 Å². The van der Waals surface area contributed by atoms with E-state index >= 15 is 0 Å². The molecule has 0 aliphatic carbocycles. The summed E-state index contributed by atoms with van der Waals surface area (Å²) in [4.78, 5) is 10.7. The third kappa shape index (κ3) is 2.33. The van der Waals surface area contributed by atoms with Crippen LogP contribution >= 0.6 is 0 Å². The van der Waals surface area contributed by atoms with Crippen LogP contribution in [0.4, 0.5) is 4.39 Å². The zero-order valence-corrected chi connectivity index (χ0v) is 8.84. The number of aromatic carboxylic acids is 1. The van der Waals surface area contributed by atoms with Crippen molar-refractivity contribution in [3.05, 3.63) is 34.6 Å². The molecule has 15 heavy (non-hydrogen) atoms. The molecule has 0 aliphatic rings. The maximum atomic E-state index is 13.2. The van der Waals surface area contributed by atoms with Gasteiger partial charge in [0.05, 0.1) is 11.2 Å². The lowest BCUT2D eigenvalue weighted by Crippen LogP contribution is -2.18. The number of halogens is 1. The van der Waals surface area contributed by atoms with Crippen LogP contribution in [0.25, 0.3) is 0 Å². The molecule has 0 aliphatic heterocycles. The Balaban J connectivity index is 3.43. The Kier molecular flexibility index (Phi) is 2.81. The first-order chi connectivity index (χ1) is 6.73. The molecule has 0 bridgehead atoms. The molecule has 0 unspecified atom stereocenters. The van der Waals surface area contributed by atoms with Crippen LogP contribution in [0.5, 0.6) is 0 Å². The van der Waals surface area contributed by atoms with E-state index in [1.807, 2.05) is 0 Å². The fourth-order valence-corrected chi connectivity index (χ4v) is 1.50. The number of hydrogen-bond donors (Lipinski definition) is 2. The maximum Gasteiger partial charge on any atom is 0.338 e. The van der Waals surface area contributed by atoms with Crippen molar-refractivity contribution in [2.24, 2.45) is 0 Å². The van der Waals surface area contributed by atoms with Crippen molar-refractivity contribution in [1.82, 2.24) is 0 Å². The lowest BCUT2D eigenvalue weighted by molar-refractivity contribution is 0.0687. The van der Waals surface area contributed by atoms with Crippen LogP contribution in [0.15, 0.2) is 12.1 Å². The summed E-state index contributed by atoms with van der Waals surface area (Å²) < 4.78 is 13.2. The summed E-state index contributed by atoms with van der Waals surface area (Å²) in [5, 5.41) is 18.5. The van der Waals surface area contributed by atoms with Gasteiger partial charge in [-0.1, -0.05) is 0 Å². The monoisotopic (exact) mass is 212 g/mol. The lowest BCUT2D eigenvalue weighted by Gasteiger charge is -2.21. The van der Waals surface area contributed by atoms with Gasteiger partial charge in [0.15, 0.2) is 0 Å². The van der Waals surface area contributed by atoms with Gasteiger partial charge >= 0.3 is 5.97 Å². The third-order valence-electron chi connectivity index (χ3n) is 2.20. The van der Waals surface area contributed by atoms with Gasteiger partial charge in [0.2, 0.25) is 0 Å². The Hall–Kier alpha value is -1.42. The smallest absolute Gasteiger partial charge is 0.338 e. The second kappa shape index (κ2) is 3.62. The molecule has 0 aromatic heterocycles. The van der Waals surface area contributed by atoms with Crippen LogP contribution in [-0.4, -0.2) is 16.2 Å². The zero-order chi connectivity index (χ0) is 11.8. The molecular weight excluding hydrogens is 199 g/mol. The molecule has 0 amide bonds. The average molecular weight is 212 g/mol. The number of aliphatic hydroxyl groups is 1. The third-order valence-corrected chi connectivity index (χ3v) is 2.20. The number of carboxylic acids is 1. The SMILES string of the molecule is Cc1cc(F)c(C(=O)O)cc1C(C)(C)O. The molecule has 1 rings (SSSR count). The number of benzene rings is 1. The van der Waals surface area contributed by atoms with Gasteiger partial charge < -0.3 is 10.2 Å². The van der Waals surface area contributed by atoms with Gasteiger partial charge in [-0.2, -0.15) is 0 Å². The predicted molar refractivity (Wildman–Crippen MR) is 53.3 cm³/mol. The molecule has 0 heterocycles. The largest absolute Gasteiger partial charge is 0.478 e. The second-order valence-corrected chi connectivity index (χ2v) is 4.01. The molecule has 1 aromatic rings. The van der Waals surface area contributed by atoms with Crippen LogP contribution in [0.1, 0.15) is 35.3 Å². The van der Waals surface area contributed by atoms with Gasteiger partial charge in [-0.25, -0.2) is 9.18 Å². The van der Waals surface area contributed by atoms with E-state index in [9.17, 15) is 14.3 Å². The average Bonchev–Trinajstić information content (AvgIpc) is 2.00. The minimum atomic E-state index is -1.34. The Morgan fingerprint density at radius 2 is 1.93 bits per heavy atom. The Bertz CT molecular complexity index is 405. The molecule has 0 saturated carbocycles. The molecule has 0 atom stereocenters. The normalized spacial score (nSPS) is 11.5. The molecule has 4 heteroatoms. The first-order valence-corrected chi connectivity index (χ1v) is 4.50. The summed E-state index contributed by atoms with van der Waals surface area (Å²) in [6, 6.07) is 2.30. The fourth-order valence-electron chi connectivity index (χ4n) is 1.50. The van der Waals surface area contributed by atoms with Crippen LogP contribution in [0, 0.1) is 12.7 Å². The standard InChI is InChI=1S/C11H13FO3/c1-6-4-9(12)7(10(13)14)5-8(6)11(2,3)15/h4-5,15H,1-3H3,(H,13,14). The van der Waals surface area contributed by atoms with Crippen molar-refractivity contribution < 1.29 is 19.4 Å². The van der Waals surface area contributed by atoms with E-state index in [1.165, 1.54) is 19.9 Å². The van der Waals surface area contributed by atoms with Gasteiger partial charge in [0.25, 0.3) is 0 Å². The van der Waals surface area contributed by atoms with Crippen LogP contribution in [-0.2, 0) is 5.60 Å². The number of rotatable bonds is 2. The Labute approximate surface area is 87.2 Å². The van der Waals surface area contributed by atoms with Crippen molar-refractivity contribution >= 4 is 5.97 Å². The molecular formula is C11H13FO3. The van der Waals surface area contributed by atoms with E-state index < -0.39 is 23.0 Å². The van der Waals surface area contributed by atoms with Gasteiger partial charge in [0, 0.05) is 0 Å². The molecule has 82 valence electrons. The quantitative estimate of drug-likeness (QED) is 0.788. The van der Waals surface area contributed by atoms with E-state index in [0.717, 1.165) is 6.07 Å². The minimum absolute atomic E-state index is 0.418. The highest BCUT2D eigenvalue weighted by atomic mass is 19.1. The summed E-state index contributed by atoms with van der Waals surface area (Å²) in [6.07, 6.45) is 0. The van der Waals surface area contributed by atoms with Gasteiger partial charge in [-0.15, -0.1) is 0 Å². The van der Waals surface area contributed by atoms with E-state index in [1.54, 1.807) is 6.92 Å². The summed E-state index contributed by atoms with van der Waals surface area (Å²) in [5.41, 5.74) is -0.647. The molecule has 0 fully saturated rings. The van der Waals surface area contributed by atoms with Crippen LogP contribution < -0.4 is 0 Å². The van der Waals surface area contributed by atoms with Crippen molar-refractivity contribution in [1.29, 1.82) is 0 Å². The number of aryl methyl sites for hydroxylation is 1. The summed E-state index contributed by atoms with van der Waals surface area (Å²) in [5.74, 6) is -2.12. The first-order valence-electron chi connectivity index (χ1n) is 4.50. The van der Waals surface area contributed by atoms with E-state index in [-0.39, 0.29) is 0 Å². The van der Waals surface area contributed by atoms with Crippen molar-refractivity contribution in [3.63, 3.8) is 0 Å². The van der Waals surface area contributed by atoms with Gasteiger partial charge in [-0.05, 0) is 44.0 Å². The maximum absolute atomic E-state index is 13.2. The molecule has 0 radical (unpaired) electrons. The zero-order valence-electron chi connectivity index (χ0n) is 8.84. The minimum Gasteiger partial charge on any atom is -0.478 e. The Morgan fingerprint density at radius 1 is 1.40 bits per heavy atom. The van der Waals surface area contributed by atoms with Gasteiger partial charge in [0.1, 0.15) is 5.82 Å². The van der Waals surface area contributed by atoms with Crippen molar-refractivity contribution in [2.75, 3.05) is 0 Å². The van der Waals surface area contributed by atoms with Crippen molar-refractivity contribution in [3.8, 4) is 0 Å². The predicted octanol–water partition coefficient (Wildman–Crippen LogP) is 2.06. The van der Waals surface area contributed by atoms with Crippen LogP contribution in [0.2, 0.25) is 0 Å². The topological polar surface area (TPSA) is 57.5 Å². The summed E-state index contributed by atoms with van der Waals surface area (Å²) in [7, 11) is 0. The fraction of sp³-hybridized carbons (Fsp3) is 0.364. The van der Waals surface area contributed by atoms with Gasteiger partial charge in [-0.3, -0.25) is 0 Å². The summed E-state index contributed by atoms with van der Waals surface area (Å²) in [6.45, 7) is 4.68. The molecule has 3 nitrogen and oxygen atoms in total. The molecule has 2 N–H and O–H groups in total. The highest BCUT2D eigenvalue weighted by Gasteiger charge is 2.22. The molecule has 0 saturated heterocycles. The lowest BCUT2D eigenvalue weighted by atomic mass is 9.92. The second-order valence-electron chi connectivity index (χ2n) is 4.01. The highest BCUT2D eigenvalue weighted by molar-refractivity contribution is 5.88. The Morgan fingerprint density at radius 3 is 2.33 bits per heavy atom. The number of hydrogen-bond acceptors (Lipinski definition) is 2. The van der Waals surface area contributed by atoms with Crippen LogP contribution in [0.3, 0.4) is 0 Å². The van der Waals surface area contributed by atoms with E-state index in [2.05, 4.69) is 0 Å². The van der Waals surface area contributed by atoms with Crippen molar-refractivity contribution in [2.45, 2.75) is 26.4 Å². The first kappa shape index (κ1) is 11.7. The molecule has 1 aromatic carbocycles. The van der Waals surface area contributed by atoms with E-state index in [4.69, 9.17) is 5.11 Å². The number of carbonyl (C=O) groups is 1. The summed E-state index contributed by atoms with van der Waals surface area (Å²) >= 11 is 0. The molecule has 0 spiro atoms. The number of carboxylic acid groups (broad SMARTS) is 1. The highest BCUT2D eigenvalue weighted by Crippen LogP contribution is 2.26.